The van der Waals surface area contributed by atoms with Crippen LogP contribution in [0.2, 0.25) is 10.0 Å². The molecule has 0 heterocycles. The summed E-state index contributed by atoms with van der Waals surface area (Å²) in [5.41, 5.74) is 0.855. The second-order valence-corrected chi connectivity index (χ2v) is 5.93. The van der Waals surface area contributed by atoms with Crippen molar-refractivity contribution in [2.45, 2.75) is 12.8 Å². The molecule has 0 aliphatic heterocycles. The third-order valence-electron chi connectivity index (χ3n) is 3.46. The number of aryl methyl sites for hydroxylation is 1. The number of carbonyl (C=O) groups is 1. The summed E-state index contributed by atoms with van der Waals surface area (Å²) in [4.78, 5) is 12.1. The number of esters is 1. The van der Waals surface area contributed by atoms with Crippen molar-refractivity contribution in [3.63, 3.8) is 0 Å². The Morgan fingerprint density at radius 3 is 2.08 bits per heavy atom. The maximum absolute atomic E-state index is 12.1. The van der Waals surface area contributed by atoms with Crippen LogP contribution in [0.15, 0.2) is 30.3 Å². The maximum atomic E-state index is 12.1. The summed E-state index contributed by atoms with van der Waals surface area (Å²) < 4.78 is 21.1. The Kier molecular flexibility index (Phi) is 6.79. The van der Waals surface area contributed by atoms with Gasteiger partial charge in [-0.3, -0.25) is 4.79 Å². The molecule has 2 aromatic rings. The minimum Gasteiger partial charge on any atom is -0.493 e. The van der Waals surface area contributed by atoms with Crippen molar-refractivity contribution in [1.82, 2.24) is 0 Å². The first-order chi connectivity index (χ1) is 12.0. The van der Waals surface area contributed by atoms with Gasteiger partial charge >= 0.3 is 5.97 Å². The first-order valence-electron chi connectivity index (χ1n) is 7.43. The van der Waals surface area contributed by atoms with Gasteiger partial charge < -0.3 is 18.9 Å². The Morgan fingerprint density at radius 2 is 1.56 bits per heavy atom. The van der Waals surface area contributed by atoms with Gasteiger partial charge in [0.25, 0.3) is 0 Å². The predicted octanol–water partition coefficient (Wildman–Crippen LogP) is 4.56. The van der Waals surface area contributed by atoms with E-state index in [1.165, 1.54) is 27.4 Å². The minimum atomic E-state index is -0.405. The van der Waals surface area contributed by atoms with Crippen LogP contribution in [0.5, 0.6) is 23.0 Å². The van der Waals surface area contributed by atoms with Crippen LogP contribution >= 0.6 is 23.2 Å². The van der Waals surface area contributed by atoms with Crippen LogP contribution < -0.4 is 18.9 Å². The third kappa shape index (κ3) is 4.94. The van der Waals surface area contributed by atoms with E-state index in [0.717, 1.165) is 5.56 Å². The van der Waals surface area contributed by atoms with E-state index >= 15 is 0 Å². The van der Waals surface area contributed by atoms with Crippen LogP contribution in [-0.4, -0.2) is 27.3 Å². The number of rotatable bonds is 7. The summed E-state index contributed by atoms with van der Waals surface area (Å²) in [6.45, 7) is 0. The Hall–Kier alpha value is -2.11. The quantitative estimate of drug-likeness (QED) is 0.517. The number of hydrogen-bond donors (Lipinski definition) is 0. The predicted molar refractivity (Wildman–Crippen MR) is 96.5 cm³/mol. The highest BCUT2D eigenvalue weighted by atomic mass is 35.5. The first-order valence-corrected chi connectivity index (χ1v) is 8.18. The van der Waals surface area contributed by atoms with Gasteiger partial charge in [-0.25, -0.2) is 0 Å². The zero-order valence-corrected chi connectivity index (χ0v) is 15.6. The van der Waals surface area contributed by atoms with Gasteiger partial charge in [0.2, 0.25) is 5.75 Å². The molecule has 5 nitrogen and oxygen atoms in total. The van der Waals surface area contributed by atoms with E-state index in [1.807, 2.05) is 0 Å². The van der Waals surface area contributed by atoms with E-state index in [2.05, 4.69) is 0 Å². The number of carbonyl (C=O) groups excluding carboxylic acids is 1. The van der Waals surface area contributed by atoms with Crippen LogP contribution in [0.25, 0.3) is 0 Å². The van der Waals surface area contributed by atoms with Crippen LogP contribution in [0.4, 0.5) is 0 Å². The van der Waals surface area contributed by atoms with Crippen molar-refractivity contribution >= 4 is 29.2 Å². The molecule has 0 aliphatic carbocycles. The largest absolute Gasteiger partial charge is 0.493 e. The van der Waals surface area contributed by atoms with Crippen LogP contribution in [0.3, 0.4) is 0 Å². The highest BCUT2D eigenvalue weighted by Crippen LogP contribution is 2.38. The lowest BCUT2D eigenvalue weighted by atomic mass is 10.1. The molecule has 0 aromatic heterocycles. The van der Waals surface area contributed by atoms with Gasteiger partial charge in [-0.05, 0) is 42.3 Å². The first kappa shape index (κ1) is 19.2. The molecule has 134 valence electrons. The summed E-state index contributed by atoms with van der Waals surface area (Å²) in [6, 6.07) is 8.27. The number of hydrogen-bond acceptors (Lipinski definition) is 5. The molecule has 0 amide bonds. The van der Waals surface area contributed by atoms with Gasteiger partial charge in [0, 0.05) is 11.4 Å². The van der Waals surface area contributed by atoms with E-state index in [9.17, 15) is 4.79 Å². The smallest absolute Gasteiger partial charge is 0.311 e. The number of methoxy groups -OCH3 is 3. The van der Waals surface area contributed by atoms with Gasteiger partial charge in [0.1, 0.15) is 5.75 Å². The van der Waals surface area contributed by atoms with E-state index in [1.54, 1.807) is 24.3 Å². The number of ether oxygens (including phenoxy) is 4. The van der Waals surface area contributed by atoms with Gasteiger partial charge in [-0.2, -0.15) is 0 Å². The normalized spacial score (nSPS) is 10.3. The molecule has 0 saturated carbocycles. The molecule has 0 unspecified atom stereocenters. The lowest BCUT2D eigenvalue weighted by Crippen LogP contribution is -2.09. The second-order valence-electron chi connectivity index (χ2n) is 5.08. The summed E-state index contributed by atoms with van der Waals surface area (Å²) in [5.74, 6) is 1.44. The van der Waals surface area contributed by atoms with Gasteiger partial charge in [-0.15, -0.1) is 0 Å². The fourth-order valence-electron chi connectivity index (χ4n) is 2.26. The van der Waals surface area contributed by atoms with Crippen LogP contribution in [0.1, 0.15) is 12.0 Å². The molecule has 25 heavy (non-hydrogen) atoms. The summed E-state index contributed by atoms with van der Waals surface area (Å²) in [6.07, 6.45) is 0.609. The Balaban J connectivity index is 2.06. The lowest BCUT2D eigenvalue weighted by molar-refractivity contribution is -0.134. The molecule has 7 heteroatoms. The van der Waals surface area contributed by atoms with Crippen molar-refractivity contribution in [2.75, 3.05) is 21.3 Å². The van der Waals surface area contributed by atoms with Crippen LogP contribution in [-0.2, 0) is 11.2 Å². The van der Waals surface area contributed by atoms with E-state index in [-0.39, 0.29) is 17.2 Å². The van der Waals surface area contributed by atoms with E-state index in [4.69, 9.17) is 42.1 Å². The SMILES string of the molecule is COc1cc(CCC(=O)Oc2ccc(Cl)cc2Cl)cc(OC)c1OC. The molecular formula is C18H18Cl2O5. The van der Waals surface area contributed by atoms with Gasteiger partial charge in [0.05, 0.1) is 26.4 Å². The molecule has 0 saturated heterocycles. The average molecular weight is 385 g/mol. The molecule has 0 N–H and O–H groups in total. The highest BCUT2D eigenvalue weighted by molar-refractivity contribution is 6.35. The zero-order chi connectivity index (χ0) is 18.4. The molecule has 0 atom stereocenters. The molecule has 0 spiro atoms. The summed E-state index contributed by atoms with van der Waals surface area (Å²) >= 11 is 11.8. The van der Waals surface area contributed by atoms with Crippen molar-refractivity contribution in [3.05, 3.63) is 45.9 Å². The monoisotopic (exact) mass is 384 g/mol. The van der Waals surface area contributed by atoms with Gasteiger partial charge in [0.15, 0.2) is 11.5 Å². The van der Waals surface area contributed by atoms with Crippen molar-refractivity contribution < 1.29 is 23.7 Å². The number of halogens is 2. The second kappa shape index (κ2) is 8.83. The number of benzene rings is 2. The Morgan fingerprint density at radius 1 is 0.920 bits per heavy atom. The summed E-state index contributed by atoms with van der Waals surface area (Å²) in [5, 5.41) is 0.760. The molecule has 2 rings (SSSR count). The van der Waals surface area contributed by atoms with Crippen LogP contribution in [0, 0.1) is 0 Å². The van der Waals surface area contributed by atoms with Crippen molar-refractivity contribution in [3.8, 4) is 23.0 Å². The Bertz CT molecular complexity index is 736. The fraction of sp³-hybridized carbons (Fsp3) is 0.278. The molecular weight excluding hydrogens is 367 g/mol. The van der Waals surface area contributed by atoms with E-state index < -0.39 is 5.97 Å². The molecule has 2 aromatic carbocycles. The molecule has 0 bridgehead atoms. The third-order valence-corrected chi connectivity index (χ3v) is 3.99. The zero-order valence-electron chi connectivity index (χ0n) is 14.1. The highest BCUT2D eigenvalue weighted by Gasteiger charge is 2.15. The minimum absolute atomic E-state index is 0.164. The maximum Gasteiger partial charge on any atom is 0.311 e. The standard InChI is InChI=1S/C18H18Cl2O5/c1-22-15-8-11(9-16(23-2)18(15)24-3)4-7-17(21)25-14-6-5-12(19)10-13(14)20/h5-6,8-10H,4,7H2,1-3H3. The molecule has 0 fully saturated rings. The van der Waals surface area contributed by atoms with Gasteiger partial charge in [-0.1, -0.05) is 23.2 Å². The fourth-order valence-corrected chi connectivity index (χ4v) is 2.70. The molecule has 0 aliphatic rings. The van der Waals surface area contributed by atoms with Crippen molar-refractivity contribution in [2.24, 2.45) is 0 Å². The average Bonchev–Trinajstić information content (AvgIpc) is 2.61. The van der Waals surface area contributed by atoms with E-state index in [0.29, 0.717) is 28.7 Å². The lowest BCUT2D eigenvalue weighted by Gasteiger charge is -2.14. The topological polar surface area (TPSA) is 54.0 Å². The molecule has 0 radical (unpaired) electrons. The summed E-state index contributed by atoms with van der Waals surface area (Å²) in [7, 11) is 4.61. The van der Waals surface area contributed by atoms with Crippen molar-refractivity contribution in [1.29, 1.82) is 0 Å². The Labute approximate surface area is 156 Å².